The average molecular weight is 758 g/mol. The van der Waals surface area contributed by atoms with Crippen LogP contribution in [0.5, 0.6) is 5.75 Å². The highest BCUT2D eigenvalue weighted by molar-refractivity contribution is 14.1. The van der Waals surface area contributed by atoms with Gasteiger partial charge in [0.1, 0.15) is 31.3 Å². The van der Waals surface area contributed by atoms with Crippen molar-refractivity contribution in [2.24, 2.45) is 17.8 Å². The quantitative estimate of drug-likeness (QED) is 0.0278. The summed E-state index contributed by atoms with van der Waals surface area (Å²) in [4.78, 5) is 49.6. The maximum absolute atomic E-state index is 13.2. The Kier molecular flexibility index (Phi) is 12.0. The Balaban J connectivity index is 1.71. The number of β-lactam (4-membered cyclic amide) rings is 1. The number of halogens is 4. The Morgan fingerprint density at radius 2 is 1.86 bits per heavy atom. The Morgan fingerprint density at radius 3 is 2.48 bits per heavy atom. The molecule has 0 radical (unpaired) electrons. The predicted octanol–water partition coefficient (Wildman–Crippen LogP) is 4.23. The molecule has 0 bridgehead atoms. The van der Waals surface area contributed by atoms with Crippen molar-refractivity contribution in [1.29, 1.82) is 0 Å². The van der Waals surface area contributed by atoms with E-state index in [1.54, 1.807) is 25.1 Å². The van der Waals surface area contributed by atoms with Gasteiger partial charge in [0.05, 0.1) is 28.1 Å². The summed E-state index contributed by atoms with van der Waals surface area (Å²) in [6.07, 6.45) is 3.04. The molecule has 16 heteroatoms. The van der Waals surface area contributed by atoms with Gasteiger partial charge in [-0.2, -0.15) is 26.5 Å². The second-order valence-electron chi connectivity index (χ2n) is 9.92. The number of carbonyl (C=O) groups excluding carboxylic acids is 3. The maximum Gasteiger partial charge on any atom is 0.523 e. The summed E-state index contributed by atoms with van der Waals surface area (Å²) in [7, 11) is -5.65. The first-order chi connectivity index (χ1) is 20.7. The molecule has 4 atom stereocenters. The third-order valence-corrected chi connectivity index (χ3v) is 8.96. The topological polar surface area (TPSA) is 135 Å². The second kappa shape index (κ2) is 14.9. The number of rotatable bonds is 16. The maximum atomic E-state index is 13.2. The molecule has 0 aromatic heterocycles. The van der Waals surface area contributed by atoms with E-state index in [9.17, 15) is 36.0 Å². The van der Waals surface area contributed by atoms with Gasteiger partial charge in [0.15, 0.2) is 0 Å². The van der Waals surface area contributed by atoms with E-state index in [4.69, 9.17) is 19.2 Å². The molecule has 1 saturated heterocycles. The van der Waals surface area contributed by atoms with Crippen molar-refractivity contribution >= 4 is 50.6 Å². The van der Waals surface area contributed by atoms with Gasteiger partial charge in [-0.3, -0.25) is 13.9 Å². The minimum absolute atomic E-state index is 0.0188. The van der Waals surface area contributed by atoms with Gasteiger partial charge in [-0.1, -0.05) is 38.6 Å². The van der Waals surface area contributed by atoms with Crippen LogP contribution in [-0.2, 0) is 49.6 Å². The van der Waals surface area contributed by atoms with Gasteiger partial charge in [-0.25, -0.2) is 9.59 Å². The number of hydrogen-bond acceptors (Lipinski definition) is 10. The van der Waals surface area contributed by atoms with Crippen LogP contribution in [0.3, 0.4) is 0 Å². The Labute approximate surface area is 266 Å². The lowest BCUT2D eigenvalue weighted by Crippen LogP contribution is -2.63. The molecule has 11 nitrogen and oxygen atoms in total. The predicted molar refractivity (Wildman–Crippen MR) is 157 cm³/mol. The van der Waals surface area contributed by atoms with E-state index in [2.05, 4.69) is 17.3 Å². The molecule has 44 heavy (non-hydrogen) atoms. The fourth-order valence-electron chi connectivity index (χ4n) is 4.89. The minimum atomic E-state index is -5.65. The molecule has 1 amide bonds. The fraction of sp³-hybridized carbons (Fsp3) is 0.464. The molecule has 2 aliphatic rings. The number of esters is 1. The number of aryl methyl sites for hydroxylation is 1. The van der Waals surface area contributed by atoms with Crippen molar-refractivity contribution < 1.29 is 59.4 Å². The molecule has 2 heterocycles. The van der Waals surface area contributed by atoms with Gasteiger partial charge in [-0.15, -0.1) is 6.58 Å². The summed E-state index contributed by atoms with van der Waals surface area (Å²) in [5.74, 6) is -3.53. The van der Waals surface area contributed by atoms with Gasteiger partial charge >= 0.3 is 27.6 Å². The lowest BCUT2D eigenvalue weighted by molar-refractivity contribution is -0.271. The highest BCUT2D eigenvalue weighted by Crippen LogP contribution is 2.49. The SMILES string of the molecule is C=CCOOC(=O)C(C)C1C(=O)N2C(C(=O)OCC=C)=C(COc3ccc(CCCOS(=O)(=O)C(F)(F)F)cc3I)[C@H](C)C12. The Hall–Kier alpha value is -2.96. The molecule has 0 spiro atoms. The van der Waals surface area contributed by atoms with Crippen molar-refractivity contribution in [2.45, 2.75) is 38.2 Å². The number of benzene rings is 1. The highest BCUT2D eigenvalue weighted by Gasteiger charge is 2.61. The Bertz CT molecular complexity index is 1430. The van der Waals surface area contributed by atoms with Crippen LogP contribution in [0.25, 0.3) is 0 Å². The third kappa shape index (κ3) is 7.81. The average Bonchev–Trinajstić information content (AvgIpc) is 3.20. The summed E-state index contributed by atoms with van der Waals surface area (Å²) >= 11 is 2.00. The monoisotopic (exact) mass is 757 g/mol. The highest BCUT2D eigenvalue weighted by atomic mass is 127. The zero-order valence-corrected chi connectivity index (χ0v) is 26.8. The van der Waals surface area contributed by atoms with Crippen LogP contribution in [0, 0.1) is 21.3 Å². The molecule has 2 aliphatic heterocycles. The van der Waals surface area contributed by atoms with E-state index in [1.165, 1.54) is 17.1 Å². The lowest BCUT2D eigenvalue weighted by atomic mass is 9.74. The van der Waals surface area contributed by atoms with E-state index < -0.39 is 63.9 Å². The van der Waals surface area contributed by atoms with Gasteiger partial charge < -0.3 is 14.4 Å². The number of fused-ring (bicyclic) bond motifs is 1. The number of hydrogen-bond donors (Lipinski definition) is 0. The van der Waals surface area contributed by atoms with E-state index in [0.717, 1.165) is 0 Å². The molecule has 3 rings (SSSR count). The first-order valence-corrected chi connectivity index (χ1v) is 15.8. The number of amides is 1. The molecule has 3 unspecified atom stereocenters. The van der Waals surface area contributed by atoms with Gasteiger partial charge in [0.25, 0.3) is 0 Å². The summed E-state index contributed by atoms with van der Waals surface area (Å²) in [5, 5.41) is 0. The van der Waals surface area contributed by atoms with Crippen LogP contribution in [-0.4, -0.2) is 69.1 Å². The van der Waals surface area contributed by atoms with E-state index in [1.807, 2.05) is 29.5 Å². The van der Waals surface area contributed by atoms with Gasteiger partial charge in [0.2, 0.25) is 5.91 Å². The summed E-state index contributed by atoms with van der Waals surface area (Å²) in [6.45, 7) is 9.51. The van der Waals surface area contributed by atoms with Crippen LogP contribution in [0.4, 0.5) is 13.2 Å². The van der Waals surface area contributed by atoms with E-state index >= 15 is 0 Å². The summed E-state index contributed by atoms with van der Waals surface area (Å²) in [5.41, 5.74) is -4.25. The molecule has 0 aliphatic carbocycles. The molecular weight excluding hydrogens is 726 g/mol. The van der Waals surface area contributed by atoms with Crippen LogP contribution in [0.2, 0.25) is 0 Å². The molecule has 1 aromatic carbocycles. The van der Waals surface area contributed by atoms with Crippen molar-refractivity contribution in [3.63, 3.8) is 0 Å². The molecular formula is C28H31F3INO10S. The van der Waals surface area contributed by atoms with Crippen LogP contribution in [0.1, 0.15) is 25.8 Å². The standard InChI is InChI=1S/C28H31F3INO10S/c1-5-11-39-27(36)24-19(16(3)23-22(25(34)33(23)24)17(4)26(35)43-41-12-6-2)15-40-21-10-9-18(14-20(21)32)8-7-13-42-44(37,38)28(29,30)31/h5-6,9-10,14,16-17,22-23H,1-2,7-8,11-13,15H2,3-4H3/t16-,17?,22?,23?/m0/s1. The van der Waals surface area contributed by atoms with Crippen LogP contribution in [0.15, 0.2) is 54.8 Å². The number of carbonyl (C=O) groups is 3. The van der Waals surface area contributed by atoms with Crippen molar-refractivity contribution in [2.75, 3.05) is 26.4 Å². The number of ether oxygens (including phenoxy) is 2. The first kappa shape index (κ1) is 35.5. The molecule has 242 valence electrons. The van der Waals surface area contributed by atoms with Gasteiger partial charge in [0, 0.05) is 11.5 Å². The third-order valence-electron chi connectivity index (χ3n) is 7.07. The smallest absolute Gasteiger partial charge is 0.488 e. The van der Waals surface area contributed by atoms with Gasteiger partial charge in [-0.05, 0) is 53.1 Å². The Morgan fingerprint density at radius 1 is 1.18 bits per heavy atom. The zero-order chi connectivity index (χ0) is 32.8. The second-order valence-corrected chi connectivity index (χ2v) is 12.7. The molecule has 0 N–H and O–H groups in total. The van der Waals surface area contributed by atoms with Crippen molar-refractivity contribution in [3.8, 4) is 5.75 Å². The van der Waals surface area contributed by atoms with Crippen molar-refractivity contribution in [3.05, 3.63) is 63.9 Å². The first-order valence-electron chi connectivity index (χ1n) is 13.3. The molecule has 0 saturated carbocycles. The zero-order valence-electron chi connectivity index (χ0n) is 23.8. The van der Waals surface area contributed by atoms with E-state index in [0.29, 0.717) is 20.5 Å². The summed E-state index contributed by atoms with van der Waals surface area (Å²) < 4.78 is 75.2. The molecule has 1 aromatic rings. The summed E-state index contributed by atoms with van der Waals surface area (Å²) in [6, 6.07) is 4.48. The fourth-order valence-corrected chi connectivity index (χ4v) is 6.10. The number of alkyl halides is 3. The number of nitrogens with zero attached hydrogens (tertiary/aromatic N) is 1. The molecule has 1 fully saturated rings. The van der Waals surface area contributed by atoms with Crippen LogP contribution < -0.4 is 4.74 Å². The van der Waals surface area contributed by atoms with Crippen molar-refractivity contribution in [1.82, 2.24) is 4.90 Å². The lowest BCUT2D eigenvalue weighted by Gasteiger charge is -2.47. The van der Waals surface area contributed by atoms with Crippen LogP contribution >= 0.6 is 22.6 Å². The van der Waals surface area contributed by atoms with E-state index in [-0.39, 0.29) is 38.4 Å². The minimum Gasteiger partial charge on any atom is -0.488 e. The largest absolute Gasteiger partial charge is 0.523 e. The normalized spacial score (nSPS) is 20.5.